The second kappa shape index (κ2) is 8.18. The van der Waals surface area contributed by atoms with Crippen molar-refractivity contribution in [3.63, 3.8) is 0 Å². The molecule has 2 heteroatoms. The molecule has 0 unspecified atom stereocenters. The largest absolute Gasteiger partial charge is 0.308 e. The SMILES string of the molecule is N#Cc1ccc(-c2ccccc2)c(-c2cc3c4cc5ccccc5cc4n4c5cc6ccccc6cc5c(c2)c34)c1. The van der Waals surface area contributed by atoms with Crippen molar-refractivity contribution in [3.8, 4) is 28.3 Å². The molecule has 2 aromatic heterocycles. The Bertz CT molecular complexity index is 2400. The zero-order chi connectivity index (χ0) is 27.1. The Balaban J connectivity index is 1.49. The Morgan fingerprint density at radius 1 is 0.439 bits per heavy atom. The van der Waals surface area contributed by atoms with E-state index in [2.05, 4.69) is 126 Å². The van der Waals surface area contributed by atoms with Crippen LogP contribution < -0.4 is 0 Å². The minimum atomic E-state index is 0.663. The number of hydrogen-bond donors (Lipinski definition) is 0. The molecule has 0 saturated heterocycles. The Hall–Kier alpha value is -5.65. The van der Waals surface area contributed by atoms with E-state index in [-0.39, 0.29) is 0 Å². The summed E-state index contributed by atoms with van der Waals surface area (Å²) in [4.78, 5) is 0. The molecule has 0 atom stereocenters. The Labute approximate surface area is 236 Å². The topological polar surface area (TPSA) is 28.2 Å². The van der Waals surface area contributed by atoms with Crippen LogP contribution in [0.2, 0.25) is 0 Å². The van der Waals surface area contributed by atoms with E-state index in [0.29, 0.717) is 5.56 Å². The van der Waals surface area contributed by atoms with Gasteiger partial charge in [-0.05, 0) is 92.3 Å². The van der Waals surface area contributed by atoms with Gasteiger partial charge in [0, 0.05) is 21.5 Å². The second-order valence-electron chi connectivity index (χ2n) is 10.9. The first kappa shape index (κ1) is 22.2. The van der Waals surface area contributed by atoms with Gasteiger partial charge in [-0.15, -0.1) is 0 Å². The van der Waals surface area contributed by atoms with E-state index in [1.54, 1.807) is 0 Å². The Morgan fingerprint density at radius 3 is 1.54 bits per heavy atom. The van der Waals surface area contributed by atoms with Gasteiger partial charge in [0.2, 0.25) is 0 Å². The fraction of sp³-hybridized carbons (Fsp3) is 0. The molecule has 9 rings (SSSR count). The van der Waals surface area contributed by atoms with Crippen molar-refractivity contribution in [3.05, 3.63) is 139 Å². The van der Waals surface area contributed by atoms with Gasteiger partial charge < -0.3 is 4.40 Å². The van der Waals surface area contributed by atoms with E-state index in [0.717, 1.165) is 22.3 Å². The molecule has 2 nitrogen and oxygen atoms in total. The van der Waals surface area contributed by atoms with Crippen molar-refractivity contribution >= 4 is 59.6 Å². The molecule has 7 aromatic carbocycles. The molecular formula is C39H22N2. The van der Waals surface area contributed by atoms with Crippen LogP contribution >= 0.6 is 0 Å². The first-order valence-electron chi connectivity index (χ1n) is 13.9. The van der Waals surface area contributed by atoms with Gasteiger partial charge in [-0.3, -0.25) is 0 Å². The molecule has 0 N–H and O–H groups in total. The molecule has 41 heavy (non-hydrogen) atoms. The lowest BCUT2D eigenvalue weighted by atomic mass is 9.91. The highest BCUT2D eigenvalue weighted by molar-refractivity contribution is 6.27. The van der Waals surface area contributed by atoms with Gasteiger partial charge >= 0.3 is 0 Å². The lowest BCUT2D eigenvalue weighted by Gasteiger charge is -2.12. The minimum absolute atomic E-state index is 0.663. The summed E-state index contributed by atoms with van der Waals surface area (Å²) in [5, 5.41) is 19.8. The van der Waals surface area contributed by atoms with Crippen molar-refractivity contribution in [2.24, 2.45) is 0 Å². The maximum atomic E-state index is 9.84. The van der Waals surface area contributed by atoms with Gasteiger partial charge in [0.25, 0.3) is 0 Å². The third-order valence-corrected chi connectivity index (χ3v) is 8.67. The van der Waals surface area contributed by atoms with E-state index >= 15 is 0 Å². The quantitative estimate of drug-likeness (QED) is 0.224. The number of hydrogen-bond acceptors (Lipinski definition) is 1. The first-order valence-corrected chi connectivity index (χ1v) is 13.9. The minimum Gasteiger partial charge on any atom is -0.308 e. The number of nitrogens with zero attached hydrogens (tertiary/aromatic N) is 2. The van der Waals surface area contributed by atoms with Gasteiger partial charge in [0.05, 0.1) is 28.2 Å². The van der Waals surface area contributed by atoms with Crippen molar-refractivity contribution < 1.29 is 0 Å². The number of nitriles is 1. The summed E-state index contributed by atoms with van der Waals surface area (Å²) in [6.07, 6.45) is 0. The Morgan fingerprint density at radius 2 is 0.976 bits per heavy atom. The molecule has 0 bridgehead atoms. The van der Waals surface area contributed by atoms with Gasteiger partial charge in [-0.1, -0.05) is 84.9 Å². The predicted molar refractivity (Wildman–Crippen MR) is 172 cm³/mol. The number of benzene rings is 7. The molecule has 0 spiro atoms. The monoisotopic (exact) mass is 518 g/mol. The smallest absolute Gasteiger partial charge is 0.0991 e. The molecule has 2 heterocycles. The number of fused-ring (bicyclic) bond motifs is 8. The third kappa shape index (κ3) is 3.12. The molecule has 0 aliphatic rings. The normalized spacial score (nSPS) is 11.9. The number of aromatic nitrogens is 1. The van der Waals surface area contributed by atoms with Crippen LogP contribution in [0, 0.1) is 11.3 Å². The highest BCUT2D eigenvalue weighted by Gasteiger charge is 2.21. The fourth-order valence-electron chi connectivity index (χ4n) is 6.79. The highest BCUT2D eigenvalue weighted by atomic mass is 14.9. The summed E-state index contributed by atoms with van der Waals surface area (Å²) < 4.78 is 2.46. The van der Waals surface area contributed by atoms with Gasteiger partial charge in [0.1, 0.15) is 0 Å². The lowest BCUT2D eigenvalue weighted by molar-refractivity contribution is 1.38. The molecule has 0 aliphatic carbocycles. The molecule has 0 fully saturated rings. The first-order chi connectivity index (χ1) is 20.3. The fourth-order valence-corrected chi connectivity index (χ4v) is 6.79. The van der Waals surface area contributed by atoms with Crippen LogP contribution in [0.5, 0.6) is 0 Å². The van der Waals surface area contributed by atoms with E-state index in [1.165, 1.54) is 59.6 Å². The average molecular weight is 519 g/mol. The van der Waals surface area contributed by atoms with Crippen molar-refractivity contribution in [1.29, 1.82) is 5.26 Å². The van der Waals surface area contributed by atoms with Crippen molar-refractivity contribution in [2.75, 3.05) is 0 Å². The molecule has 0 amide bonds. The second-order valence-corrected chi connectivity index (χ2v) is 10.9. The average Bonchev–Trinajstić information content (AvgIpc) is 3.53. The van der Waals surface area contributed by atoms with Crippen molar-refractivity contribution in [1.82, 2.24) is 4.40 Å². The van der Waals surface area contributed by atoms with Crippen LogP contribution in [0.1, 0.15) is 5.56 Å². The third-order valence-electron chi connectivity index (χ3n) is 8.67. The molecule has 0 saturated carbocycles. The number of rotatable bonds is 2. The summed E-state index contributed by atoms with van der Waals surface area (Å²) in [6.45, 7) is 0. The van der Waals surface area contributed by atoms with Crippen LogP contribution in [0.15, 0.2) is 133 Å². The molecular weight excluding hydrogens is 496 g/mol. The highest BCUT2D eigenvalue weighted by Crippen LogP contribution is 2.45. The molecule has 188 valence electrons. The van der Waals surface area contributed by atoms with Crippen molar-refractivity contribution in [2.45, 2.75) is 0 Å². The van der Waals surface area contributed by atoms with E-state index in [1.807, 2.05) is 18.2 Å². The lowest BCUT2D eigenvalue weighted by Crippen LogP contribution is -1.88. The van der Waals surface area contributed by atoms with Crippen LogP contribution in [0.4, 0.5) is 0 Å². The standard InChI is InChI=1S/C39H22N2/c40-23-24-14-15-31(25-8-2-1-3-9-25)32(16-24)30-19-35-33-17-26-10-4-6-12-28(26)21-37(33)41-38-22-29-13-7-5-11-27(29)18-34(38)36(20-30)39(35)41/h1-22H. The molecule has 0 aliphatic heterocycles. The van der Waals surface area contributed by atoms with Crippen LogP contribution in [0.3, 0.4) is 0 Å². The summed E-state index contributed by atoms with van der Waals surface area (Å²) in [5.41, 5.74) is 8.82. The zero-order valence-corrected chi connectivity index (χ0v) is 22.1. The van der Waals surface area contributed by atoms with Gasteiger partial charge in [0.15, 0.2) is 0 Å². The van der Waals surface area contributed by atoms with E-state index in [9.17, 15) is 5.26 Å². The van der Waals surface area contributed by atoms with E-state index in [4.69, 9.17) is 0 Å². The van der Waals surface area contributed by atoms with Crippen LogP contribution in [0.25, 0.3) is 81.9 Å². The molecule has 9 aromatic rings. The van der Waals surface area contributed by atoms with Crippen LogP contribution in [-0.2, 0) is 0 Å². The van der Waals surface area contributed by atoms with E-state index < -0.39 is 0 Å². The maximum Gasteiger partial charge on any atom is 0.0991 e. The zero-order valence-electron chi connectivity index (χ0n) is 22.1. The van der Waals surface area contributed by atoms with Gasteiger partial charge in [-0.25, -0.2) is 0 Å². The summed E-state index contributed by atoms with van der Waals surface area (Å²) >= 11 is 0. The Kier molecular flexibility index (Phi) is 4.43. The summed E-state index contributed by atoms with van der Waals surface area (Å²) in [5.74, 6) is 0. The molecule has 0 radical (unpaired) electrons. The van der Waals surface area contributed by atoms with Crippen LogP contribution in [-0.4, -0.2) is 4.40 Å². The summed E-state index contributed by atoms with van der Waals surface area (Å²) in [7, 11) is 0. The predicted octanol–water partition coefficient (Wildman–Crippen LogP) is 10.3. The summed E-state index contributed by atoms with van der Waals surface area (Å²) in [6, 6.07) is 50.1. The van der Waals surface area contributed by atoms with Gasteiger partial charge in [-0.2, -0.15) is 5.26 Å². The maximum absolute atomic E-state index is 9.84.